The fourth-order valence-electron chi connectivity index (χ4n) is 3.69. The molecule has 0 fully saturated rings. The van der Waals surface area contributed by atoms with E-state index in [1.165, 1.54) is 0 Å². The van der Waals surface area contributed by atoms with E-state index >= 15 is 0 Å². The summed E-state index contributed by atoms with van der Waals surface area (Å²) in [4.78, 5) is 17.4. The fourth-order valence-corrected chi connectivity index (χ4v) is 3.69. The van der Waals surface area contributed by atoms with Gasteiger partial charge in [0.1, 0.15) is 12.3 Å². The largest absolute Gasteiger partial charge is 0.493 e. The number of carbonyl (C=O) groups is 1. The molecule has 0 aliphatic carbocycles. The maximum atomic E-state index is 12.9. The molecular weight excluding hydrogens is 430 g/mol. The summed E-state index contributed by atoms with van der Waals surface area (Å²) in [6.45, 7) is 2.17. The minimum absolute atomic E-state index is 0.260. The molecule has 0 aliphatic heterocycles. The molecule has 8 heteroatoms. The van der Waals surface area contributed by atoms with E-state index < -0.39 is 0 Å². The van der Waals surface area contributed by atoms with Crippen molar-refractivity contribution in [2.75, 3.05) is 12.4 Å². The zero-order valence-electron chi connectivity index (χ0n) is 18.8. The van der Waals surface area contributed by atoms with E-state index in [0.29, 0.717) is 22.9 Å². The standard InChI is InChI=1S/C26H23N5O3/c1-18-14-22(29-31(18)21-8-4-3-5-9-21)26(32)28-19-11-12-23(33-2)24(15-19)34-17-20-16-30-13-7-6-10-25(30)27-20/h3-16H,17H2,1-2H3,(H,28,32). The number of ether oxygens (including phenoxy) is 2. The van der Waals surface area contributed by atoms with Crippen LogP contribution in [0.5, 0.6) is 11.5 Å². The number of hydrogen-bond acceptors (Lipinski definition) is 5. The molecule has 2 aromatic carbocycles. The number of anilines is 1. The van der Waals surface area contributed by atoms with Crippen molar-refractivity contribution >= 4 is 17.2 Å². The van der Waals surface area contributed by atoms with Crippen LogP contribution in [-0.4, -0.2) is 32.2 Å². The van der Waals surface area contributed by atoms with E-state index in [4.69, 9.17) is 9.47 Å². The molecule has 8 nitrogen and oxygen atoms in total. The monoisotopic (exact) mass is 453 g/mol. The molecule has 0 atom stereocenters. The molecule has 5 rings (SSSR count). The number of hydrogen-bond donors (Lipinski definition) is 1. The predicted octanol–water partition coefficient (Wildman–Crippen LogP) is 4.67. The smallest absolute Gasteiger partial charge is 0.276 e. The number of methoxy groups -OCH3 is 1. The van der Waals surface area contributed by atoms with E-state index in [1.54, 1.807) is 36.1 Å². The molecule has 0 radical (unpaired) electrons. The third-order valence-corrected chi connectivity index (χ3v) is 5.33. The summed E-state index contributed by atoms with van der Waals surface area (Å²) in [5.74, 6) is 0.753. The normalized spacial score (nSPS) is 10.9. The van der Waals surface area contributed by atoms with Crippen molar-refractivity contribution in [2.45, 2.75) is 13.5 Å². The molecule has 3 heterocycles. The van der Waals surface area contributed by atoms with Gasteiger partial charge in [0.05, 0.1) is 18.5 Å². The second-order valence-corrected chi connectivity index (χ2v) is 7.73. The first-order valence-corrected chi connectivity index (χ1v) is 10.8. The van der Waals surface area contributed by atoms with Crippen LogP contribution in [0.1, 0.15) is 21.9 Å². The Morgan fingerprint density at radius 3 is 2.62 bits per heavy atom. The summed E-state index contributed by atoms with van der Waals surface area (Å²) in [5.41, 5.74) is 4.28. The lowest BCUT2D eigenvalue weighted by molar-refractivity contribution is 0.102. The van der Waals surface area contributed by atoms with E-state index in [-0.39, 0.29) is 12.5 Å². The number of para-hydroxylation sites is 1. The highest BCUT2D eigenvalue weighted by molar-refractivity contribution is 6.03. The number of imidazole rings is 1. The number of pyridine rings is 1. The van der Waals surface area contributed by atoms with Crippen molar-refractivity contribution in [3.05, 3.63) is 102 Å². The van der Waals surface area contributed by atoms with Gasteiger partial charge in [-0.05, 0) is 49.4 Å². The van der Waals surface area contributed by atoms with Crippen molar-refractivity contribution in [3.8, 4) is 17.2 Å². The molecule has 1 N–H and O–H groups in total. The van der Waals surface area contributed by atoms with Gasteiger partial charge < -0.3 is 19.2 Å². The first-order valence-electron chi connectivity index (χ1n) is 10.8. The van der Waals surface area contributed by atoms with E-state index in [2.05, 4.69) is 15.4 Å². The van der Waals surface area contributed by atoms with Crippen LogP contribution in [0.3, 0.4) is 0 Å². The molecular formula is C26H23N5O3. The summed E-state index contributed by atoms with van der Waals surface area (Å²) in [5, 5.41) is 7.36. The minimum Gasteiger partial charge on any atom is -0.493 e. The van der Waals surface area contributed by atoms with Gasteiger partial charge in [-0.15, -0.1) is 0 Å². The van der Waals surface area contributed by atoms with Crippen LogP contribution in [0.15, 0.2) is 85.2 Å². The molecule has 0 bridgehead atoms. The van der Waals surface area contributed by atoms with Gasteiger partial charge in [0.25, 0.3) is 5.91 Å². The van der Waals surface area contributed by atoms with Gasteiger partial charge in [-0.2, -0.15) is 5.10 Å². The van der Waals surface area contributed by atoms with Crippen LogP contribution in [0, 0.1) is 6.92 Å². The van der Waals surface area contributed by atoms with Crippen LogP contribution in [0.2, 0.25) is 0 Å². The van der Waals surface area contributed by atoms with Crippen LogP contribution < -0.4 is 14.8 Å². The maximum Gasteiger partial charge on any atom is 0.276 e. The molecule has 5 aromatic rings. The number of rotatable bonds is 7. The Kier molecular flexibility index (Phi) is 5.70. The quantitative estimate of drug-likeness (QED) is 0.387. The Hall–Kier alpha value is -4.59. The molecule has 0 saturated carbocycles. The zero-order valence-corrected chi connectivity index (χ0v) is 18.8. The van der Waals surface area contributed by atoms with Crippen molar-refractivity contribution in [1.82, 2.24) is 19.2 Å². The van der Waals surface area contributed by atoms with E-state index in [1.807, 2.05) is 72.2 Å². The molecule has 0 aliphatic rings. The van der Waals surface area contributed by atoms with Crippen molar-refractivity contribution < 1.29 is 14.3 Å². The van der Waals surface area contributed by atoms with Gasteiger partial charge in [0.2, 0.25) is 0 Å². The van der Waals surface area contributed by atoms with Gasteiger partial charge in [-0.1, -0.05) is 24.3 Å². The first kappa shape index (κ1) is 21.3. The second-order valence-electron chi connectivity index (χ2n) is 7.73. The lowest BCUT2D eigenvalue weighted by atomic mass is 10.2. The summed E-state index contributed by atoms with van der Waals surface area (Å²) < 4.78 is 15.1. The highest BCUT2D eigenvalue weighted by Crippen LogP contribution is 2.31. The molecule has 0 unspecified atom stereocenters. The first-order chi connectivity index (χ1) is 16.6. The topological polar surface area (TPSA) is 82.7 Å². The number of aryl methyl sites for hydroxylation is 1. The highest BCUT2D eigenvalue weighted by atomic mass is 16.5. The summed E-state index contributed by atoms with van der Waals surface area (Å²) >= 11 is 0. The molecule has 34 heavy (non-hydrogen) atoms. The lowest BCUT2D eigenvalue weighted by Gasteiger charge is -2.12. The fraction of sp³-hybridized carbons (Fsp3) is 0.115. The summed E-state index contributed by atoms with van der Waals surface area (Å²) in [6, 6.07) is 22.5. The van der Waals surface area contributed by atoms with E-state index in [9.17, 15) is 4.79 Å². The predicted molar refractivity (Wildman–Crippen MR) is 129 cm³/mol. The number of nitrogens with zero attached hydrogens (tertiary/aromatic N) is 4. The number of aromatic nitrogens is 4. The van der Waals surface area contributed by atoms with Gasteiger partial charge in [-0.25, -0.2) is 9.67 Å². The third kappa shape index (κ3) is 4.33. The molecule has 3 aromatic heterocycles. The van der Waals surface area contributed by atoms with Gasteiger partial charge in [-0.3, -0.25) is 4.79 Å². The minimum atomic E-state index is -0.311. The van der Waals surface area contributed by atoms with Crippen molar-refractivity contribution in [1.29, 1.82) is 0 Å². The molecule has 0 saturated heterocycles. The lowest BCUT2D eigenvalue weighted by Crippen LogP contribution is -2.13. The van der Waals surface area contributed by atoms with Crippen molar-refractivity contribution in [3.63, 3.8) is 0 Å². The molecule has 0 spiro atoms. The number of benzene rings is 2. The number of carbonyl (C=O) groups excluding carboxylic acids is 1. The number of nitrogens with one attached hydrogen (secondary N) is 1. The van der Waals surface area contributed by atoms with Crippen molar-refractivity contribution in [2.24, 2.45) is 0 Å². The summed E-state index contributed by atoms with van der Waals surface area (Å²) in [6.07, 6.45) is 3.85. The Bertz CT molecular complexity index is 1420. The van der Waals surface area contributed by atoms with Crippen LogP contribution in [-0.2, 0) is 6.61 Å². The Balaban J connectivity index is 1.32. The Morgan fingerprint density at radius 1 is 1.00 bits per heavy atom. The maximum absolute atomic E-state index is 12.9. The van der Waals surface area contributed by atoms with Gasteiger partial charge in [0.15, 0.2) is 17.2 Å². The van der Waals surface area contributed by atoms with E-state index in [0.717, 1.165) is 22.7 Å². The average Bonchev–Trinajstić information content (AvgIpc) is 3.46. The Morgan fingerprint density at radius 2 is 1.82 bits per heavy atom. The highest BCUT2D eigenvalue weighted by Gasteiger charge is 2.15. The summed E-state index contributed by atoms with van der Waals surface area (Å²) in [7, 11) is 1.57. The third-order valence-electron chi connectivity index (χ3n) is 5.33. The zero-order chi connectivity index (χ0) is 23.5. The molecule has 170 valence electrons. The second kappa shape index (κ2) is 9.11. The number of fused-ring (bicyclic) bond motifs is 1. The average molecular weight is 454 g/mol. The van der Waals surface area contributed by atoms with Gasteiger partial charge in [0, 0.05) is 29.8 Å². The van der Waals surface area contributed by atoms with Crippen LogP contribution in [0.25, 0.3) is 11.3 Å². The number of amides is 1. The van der Waals surface area contributed by atoms with Gasteiger partial charge >= 0.3 is 0 Å². The van der Waals surface area contributed by atoms with Crippen LogP contribution >= 0.6 is 0 Å². The Labute approximate surface area is 196 Å². The molecule has 1 amide bonds. The van der Waals surface area contributed by atoms with Crippen LogP contribution in [0.4, 0.5) is 5.69 Å². The SMILES string of the molecule is COc1ccc(NC(=O)c2cc(C)n(-c3ccccc3)n2)cc1OCc1cn2ccccc2n1.